The Bertz CT molecular complexity index is 1320. The van der Waals surface area contributed by atoms with E-state index in [9.17, 15) is 14.4 Å². The number of halogens is 1. The third-order valence-corrected chi connectivity index (χ3v) is 5.21. The van der Waals surface area contributed by atoms with E-state index in [1.54, 1.807) is 48.5 Å². The minimum atomic E-state index is -0.616. The molecule has 0 spiro atoms. The molecule has 10 nitrogen and oxygen atoms in total. The van der Waals surface area contributed by atoms with Crippen LogP contribution in [0.4, 0.5) is 0 Å². The summed E-state index contributed by atoms with van der Waals surface area (Å²) >= 11 is 3.35. The molecular formula is C25H20BrN3O7. The van der Waals surface area contributed by atoms with E-state index in [2.05, 4.69) is 31.8 Å². The summed E-state index contributed by atoms with van der Waals surface area (Å²) in [4.78, 5) is 36.6. The minimum Gasteiger partial charge on any atom is -0.486 e. The molecule has 0 fully saturated rings. The van der Waals surface area contributed by atoms with Crippen molar-refractivity contribution in [3.05, 3.63) is 82.2 Å². The van der Waals surface area contributed by atoms with Gasteiger partial charge < -0.3 is 23.9 Å². The number of ether oxygens (including phenoxy) is 3. The number of nitrogens with one attached hydrogen (secondary N) is 2. The smallest absolute Gasteiger partial charge is 0.336 e. The van der Waals surface area contributed by atoms with E-state index in [4.69, 9.17) is 18.6 Å². The first-order valence-electron chi connectivity index (χ1n) is 10.7. The maximum Gasteiger partial charge on any atom is 0.336 e. The molecule has 0 radical (unpaired) electrons. The van der Waals surface area contributed by atoms with Crippen LogP contribution >= 0.6 is 15.9 Å². The number of amides is 2. The predicted octanol–water partition coefficient (Wildman–Crippen LogP) is 3.31. The monoisotopic (exact) mass is 553 g/mol. The Balaban J connectivity index is 1.30. The predicted molar refractivity (Wildman–Crippen MR) is 133 cm³/mol. The van der Waals surface area contributed by atoms with Crippen LogP contribution in [0.2, 0.25) is 0 Å². The molecule has 1 aliphatic heterocycles. The maximum atomic E-state index is 12.4. The summed E-state index contributed by atoms with van der Waals surface area (Å²) in [5.41, 5.74) is 3.09. The number of esters is 1. The molecule has 2 aromatic carbocycles. The zero-order valence-electron chi connectivity index (χ0n) is 18.7. The second-order valence-electron chi connectivity index (χ2n) is 7.29. The molecule has 1 aromatic heterocycles. The lowest BCUT2D eigenvalue weighted by Crippen LogP contribution is -2.35. The molecule has 0 saturated carbocycles. The molecule has 2 amide bonds. The van der Waals surface area contributed by atoms with E-state index in [-0.39, 0.29) is 12.3 Å². The lowest BCUT2D eigenvalue weighted by molar-refractivity contribution is -0.129. The largest absolute Gasteiger partial charge is 0.486 e. The molecule has 4 rings (SSSR count). The van der Waals surface area contributed by atoms with E-state index in [0.717, 1.165) is 0 Å². The quantitative estimate of drug-likeness (QED) is 0.144. The molecular weight excluding hydrogens is 534 g/mol. The number of fused-ring (bicyclic) bond motifs is 1. The summed E-state index contributed by atoms with van der Waals surface area (Å²) in [6.45, 7) is 0.549. The molecule has 0 saturated heterocycles. The molecule has 11 heteroatoms. The van der Waals surface area contributed by atoms with Gasteiger partial charge in [-0.05, 0) is 54.6 Å². The lowest BCUT2D eigenvalue weighted by Gasteiger charge is -2.18. The van der Waals surface area contributed by atoms with Gasteiger partial charge in [0.05, 0.1) is 19.0 Å². The first kappa shape index (κ1) is 24.7. The van der Waals surface area contributed by atoms with E-state index < -0.39 is 17.8 Å². The Morgan fingerprint density at radius 1 is 1.06 bits per heavy atom. The fraction of sp³-hybridized carbons (Fsp3) is 0.120. The van der Waals surface area contributed by atoms with E-state index in [1.807, 2.05) is 0 Å². The number of carbonyl (C=O) groups is 3. The van der Waals surface area contributed by atoms with Crippen molar-refractivity contribution in [3.8, 4) is 17.2 Å². The van der Waals surface area contributed by atoms with Gasteiger partial charge in [-0.2, -0.15) is 5.10 Å². The Labute approximate surface area is 214 Å². The van der Waals surface area contributed by atoms with Gasteiger partial charge >= 0.3 is 5.97 Å². The third kappa shape index (κ3) is 6.83. The number of hydrazone groups is 1. The number of nitrogens with zero attached hydrogens (tertiary/aromatic N) is 1. The zero-order chi connectivity index (χ0) is 25.3. The Hall–Kier alpha value is -4.38. The fourth-order valence-electron chi connectivity index (χ4n) is 3.05. The number of carbonyl (C=O) groups excluding carboxylic acids is 3. The zero-order valence-corrected chi connectivity index (χ0v) is 20.3. The summed E-state index contributed by atoms with van der Waals surface area (Å²) in [6.07, 6.45) is 5.53. The number of benzene rings is 2. The standard InChI is InChI=1S/C25H20BrN3O7/c26-18-4-7-20(36-24(31)8-5-19-2-1-9-33-19)17(12-18)14-28-29-23(30)15-27-25(32)16-3-6-21-22(13-16)35-11-10-34-21/h1-9,12-14H,10-11,15H2,(H,27,32)(H,29,30)/b8-5-,28-14-. The van der Waals surface area contributed by atoms with Crippen LogP contribution in [0.3, 0.4) is 0 Å². The van der Waals surface area contributed by atoms with Gasteiger partial charge in [-0.1, -0.05) is 15.9 Å². The van der Waals surface area contributed by atoms with Gasteiger partial charge in [-0.15, -0.1) is 0 Å². The molecule has 36 heavy (non-hydrogen) atoms. The van der Waals surface area contributed by atoms with Crippen LogP contribution < -0.4 is 25.0 Å². The summed E-state index contributed by atoms with van der Waals surface area (Å²) in [5.74, 6) is 0.169. The average molecular weight is 554 g/mol. The lowest BCUT2D eigenvalue weighted by atomic mass is 10.2. The van der Waals surface area contributed by atoms with Gasteiger partial charge in [-0.3, -0.25) is 9.59 Å². The SMILES string of the molecule is O=C(CNC(=O)c1ccc2c(c1)OCCO2)N/N=C\c1cc(Br)ccc1OC(=O)/C=C\c1ccco1. The second kappa shape index (κ2) is 11.8. The van der Waals surface area contributed by atoms with Crippen molar-refractivity contribution in [1.82, 2.24) is 10.7 Å². The average Bonchev–Trinajstić information content (AvgIpc) is 3.41. The van der Waals surface area contributed by atoms with Gasteiger partial charge in [0.25, 0.3) is 11.8 Å². The van der Waals surface area contributed by atoms with E-state index in [1.165, 1.54) is 24.6 Å². The second-order valence-corrected chi connectivity index (χ2v) is 8.20. The van der Waals surface area contributed by atoms with Crippen molar-refractivity contribution in [1.29, 1.82) is 0 Å². The minimum absolute atomic E-state index is 0.234. The van der Waals surface area contributed by atoms with Gasteiger partial charge in [0.1, 0.15) is 24.7 Å². The molecule has 1 aliphatic rings. The summed E-state index contributed by atoms with van der Waals surface area (Å²) in [6, 6.07) is 13.1. The van der Waals surface area contributed by atoms with Crippen LogP contribution in [-0.4, -0.2) is 43.8 Å². The molecule has 2 heterocycles. The Morgan fingerprint density at radius 2 is 1.89 bits per heavy atom. The molecule has 0 bridgehead atoms. The molecule has 184 valence electrons. The Morgan fingerprint density at radius 3 is 2.69 bits per heavy atom. The van der Waals surface area contributed by atoms with Crippen LogP contribution in [0.1, 0.15) is 21.7 Å². The molecule has 2 N–H and O–H groups in total. The normalized spacial score (nSPS) is 12.5. The van der Waals surface area contributed by atoms with Crippen molar-refractivity contribution < 1.29 is 33.0 Å². The summed E-state index contributed by atoms with van der Waals surface area (Å²) in [7, 11) is 0. The van der Waals surface area contributed by atoms with Crippen molar-refractivity contribution in [2.24, 2.45) is 5.10 Å². The highest BCUT2D eigenvalue weighted by atomic mass is 79.9. The van der Waals surface area contributed by atoms with Gasteiger partial charge in [0.15, 0.2) is 11.5 Å². The summed E-state index contributed by atoms with van der Waals surface area (Å²) < 4.78 is 22.1. The fourth-order valence-corrected chi connectivity index (χ4v) is 3.43. The first-order chi connectivity index (χ1) is 17.5. The van der Waals surface area contributed by atoms with Crippen LogP contribution in [-0.2, 0) is 9.59 Å². The highest BCUT2D eigenvalue weighted by Gasteiger charge is 2.15. The molecule has 0 aliphatic carbocycles. The topological polar surface area (TPSA) is 128 Å². The van der Waals surface area contributed by atoms with E-state index >= 15 is 0 Å². The van der Waals surface area contributed by atoms with Crippen molar-refractivity contribution in [2.75, 3.05) is 19.8 Å². The van der Waals surface area contributed by atoms with Crippen molar-refractivity contribution >= 4 is 46.0 Å². The Kier molecular flexibility index (Phi) is 8.14. The maximum absolute atomic E-state index is 12.4. The number of hydrogen-bond donors (Lipinski definition) is 2. The number of furan rings is 1. The highest BCUT2D eigenvalue weighted by molar-refractivity contribution is 9.10. The van der Waals surface area contributed by atoms with Crippen LogP contribution in [0.5, 0.6) is 17.2 Å². The van der Waals surface area contributed by atoms with Crippen molar-refractivity contribution in [3.63, 3.8) is 0 Å². The van der Waals surface area contributed by atoms with Gasteiger partial charge in [0.2, 0.25) is 0 Å². The number of hydrogen-bond acceptors (Lipinski definition) is 8. The summed E-state index contributed by atoms with van der Waals surface area (Å²) in [5, 5.41) is 6.40. The van der Waals surface area contributed by atoms with E-state index in [0.29, 0.717) is 46.1 Å². The van der Waals surface area contributed by atoms with Crippen LogP contribution in [0.25, 0.3) is 6.08 Å². The molecule has 3 aromatic rings. The molecule has 0 unspecified atom stereocenters. The molecule has 0 atom stereocenters. The third-order valence-electron chi connectivity index (χ3n) is 4.72. The van der Waals surface area contributed by atoms with Gasteiger partial charge in [-0.25, -0.2) is 10.2 Å². The van der Waals surface area contributed by atoms with Crippen LogP contribution in [0, 0.1) is 0 Å². The van der Waals surface area contributed by atoms with Crippen LogP contribution in [0.15, 0.2) is 74.9 Å². The number of rotatable bonds is 8. The first-order valence-corrected chi connectivity index (χ1v) is 11.5. The van der Waals surface area contributed by atoms with Gasteiger partial charge in [0, 0.05) is 21.7 Å². The highest BCUT2D eigenvalue weighted by Crippen LogP contribution is 2.30. The van der Waals surface area contributed by atoms with Crippen molar-refractivity contribution in [2.45, 2.75) is 0 Å².